The highest BCUT2D eigenvalue weighted by Gasteiger charge is 2.25. The molecule has 1 amide bonds. The lowest BCUT2D eigenvalue weighted by Crippen LogP contribution is -2.33. The minimum absolute atomic E-state index is 0. The van der Waals surface area contributed by atoms with Crippen LogP contribution < -0.4 is 4.90 Å². The van der Waals surface area contributed by atoms with Gasteiger partial charge in [-0.3, -0.25) is 9.69 Å². The molecule has 1 aromatic carbocycles. The Kier molecular flexibility index (Phi) is 7.85. The van der Waals surface area contributed by atoms with E-state index < -0.39 is 5.82 Å². The molecule has 0 atom stereocenters. The second-order valence-corrected chi connectivity index (χ2v) is 9.23. The molecule has 10 heteroatoms. The van der Waals surface area contributed by atoms with Gasteiger partial charge in [-0.15, -0.1) is 23.7 Å². The molecule has 0 saturated heterocycles. The van der Waals surface area contributed by atoms with Crippen LogP contribution >= 0.6 is 58.3 Å². The van der Waals surface area contributed by atoms with E-state index in [-0.39, 0.29) is 23.8 Å². The van der Waals surface area contributed by atoms with Crippen LogP contribution in [0.25, 0.3) is 10.2 Å². The third-order valence-electron chi connectivity index (χ3n) is 3.71. The van der Waals surface area contributed by atoms with E-state index in [0.29, 0.717) is 30.6 Å². The molecular weight excluding hydrogens is 452 g/mol. The summed E-state index contributed by atoms with van der Waals surface area (Å²) in [6.07, 6.45) is 0.743. The van der Waals surface area contributed by atoms with Crippen molar-refractivity contribution in [3.05, 3.63) is 44.3 Å². The fraction of sp³-hybridized carbons (Fsp3) is 0.294. The maximum absolute atomic E-state index is 14.0. The van der Waals surface area contributed by atoms with Gasteiger partial charge in [-0.05, 0) is 45.3 Å². The van der Waals surface area contributed by atoms with Crippen molar-refractivity contribution in [1.82, 2.24) is 9.88 Å². The van der Waals surface area contributed by atoms with Crippen LogP contribution in [0.1, 0.15) is 16.8 Å². The fourth-order valence-corrected chi connectivity index (χ4v) is 4.93. The van der Waals surface area contributed by atoms with Crippen LogP contribution in [0.2, 0.25) is 8.67 Å². The van der Waals surface area contributed by atoms with Gasteiger partial charge in [0.1, 0.15) is 15.7 Å². The lowest BCUT2D eigenvalue weighted by molar-refractivity contribution is 0.0986. The van der Waals surface area contributed by atoms with Crippen LogP contribution in [-0.4, -0.2) is 43.0 Å². The van der Waals surface area contributed by atoms with E-state index in [9.17, 15) is 9.18 Å². The average Bonchev–Trinajstić information content (AvgIpc) is 3.14. The van der Waals surface area contributed by atoms with Gasteiger partial charge in [0.05, 0.1) is 14.6 Å². The molecule has 2 aromatic heterocycles. The predicted molar refractivity (Wildman–Crippen MR) is 116 cm³/mol. The molecule has 3 aromatic rings. The Morgan fingerprint density at radius 1 is 1.22 bits per heavy atom. The smallest absolute Gasteiger partial charge is 0.262 e. The average molecular weight is 469 g/mol. The van der Waals surface area contributed by atoms with Crippen molar-refractivity contribution in [2.75, 3.05) is 32.1 Å². The zero-order chi connectivity index (χ0) is 18.8. The summed E-state index contributed by atoms with van der Waals surface area (Å²) < 4.78 is 15.5. The number of carbonyl (C=O) groups is 1. The highest BCUT2D eigenvalue weighted by Crippen LogP contribution is 2.35. The van der Waals surface area contributed by atoms with Gasteiger partial charge in [-0.25, -0.2) is 9.37 Å². The molecule has 3 rings (SSSR count). The van der Waals surface area contributed by atoms with Crippen LogP contribution in [0, 0.1) is 5.82 Å². The van der Waals surface area contributed by atoms with Gasteiger partial charge >= 0.3 is 0 Å². The highest BCUT2D eigenvalue weighted by atomic mass is 35.5. The third kappa shape index (κ3) is 5.10. The molecule has 146 valence electrons. The minimum atomic E-state index is -0.401. The van der Waals surface area contributed by atoms with Crippen molar-refractivity contribution in [2.45, 2.75) is 6.42 Å². The maximum Gasteiger partial charge on any atom is 0.262 e. The molecule has 0 bridgehead atoms. The number of thiophene rings is 1. The highest BCUT2D eigenvalue weighted by molar-refractivity contribution is 7.22. The number of halogens is 4. The molecule has 0 unspecified atom stereocenters. The molecule has 0 fully saturated rings. The van der Waals surface area contributed by atoms with Gasteiger partial charge in [0.15, 0.2) is 5.13 Å². The molecular formula is C17H17Cl3FN3OS2. The van der Waals surface area contributed by atoms with E-state index in [2.05, 4.69) is 4.98 Å². The van der Waals surface area contributed by atoms with Crippen LogP contribution in [0.3, 0.4) is 0 Å². The van der Waals surface area contributed by atoms with Crippen molar-refractivity contribution in [3.63, 3.8) is 0 Å². The number of fused-ring (bicyclic) bond motifs is 1. The Labute approximate surface area is 180 Å². The van der Waals surface area contributed by atoms with Gasteiger partial charge in [0, 0.05) is 6.54 Å². The monoisotopic (exact) mass is 467 g/mol. The first kappa shape index (κ1) is 22.3. The largest absolute Gasteiger partial charge is 0.309 e. The summed E-state index contributed by atoms with van der Waals surface area (Å²) in [5.41, 5.74) is 0.610. The number of thiazole rings is 1. The third-order valence-corrected chi connectivity index (χ3v) is 6.24. The van der Waals surface area contributed by atoms with E-state index >= 15 is 0 Å². The number of aromatic nitrogens is 1. The number of rotatable bonds is 6. The number of nitrogens with zero attached hydrogens (tertiary/aromatic N) is 3. The summed E-state index contributed by atoms with van der Waals surface area (Å²) in [6, 6.07) is 6.34. The quantitative estimate of drug-likeness (QED) is 0.457. The zero-order valence-corrected chi connectivity index (χ0v) is 18.5. The number of anilines is 1. The summed E-state index contributed by atoms with van der Waals surface area (Å²) in [4.78, 5) is 21.0. The Morgan fingerprint density at radius 2 is 1.96 bits per heavy atom. The first-order valence-electron chi connectivity index (χ1n) is 7.83. The number of hydrogen-bond acceptors (Lipinski definition) is 5. The Morgan fingerprint density at radius 3 is 2.56 bits per heavy atom. The van der Waals surface area contributed by atoms with E-state index in [1.807, 2.05) is 19.0 Å². The molecule has 0 aliphatic carbocycles. The van der Waals surface area contributed by atoms with Crippen molar-refractivity contribution in [3.8, 4) is 0 Å². The van der Waals surface area contributed by atoms with Crippen LogP contribution in [0.5, 0.6) is 0 Å². The van der Waals surface area contributed by atoms with Gasteiger partial charge in [0.2, 0.25) is 0 Å². The first-order valence-corrected chi connectivity index (χ1v) is 10.2. The number of benzene rings is 1. The molecule has 0 aliphatic heterocycles. The number of para-hydroxylation sites is 1. The molecule has 2 heterocycles. The number of amides is 1. The number of hydrogen-bond donors (Lipinski definition) is 0. The predicted octanol–water partition coefficient (Wildman–Crippen LogP) is 5.82. The van der Waals surface area contributed by atoms with Gasteiger partial charge in [0.25, 0.3) is 5.91 Å². The zero-order valence-electron chi connectivity index (χ0n) is 14.5. The minimum Gasteiger partial charge on any atom is -0.309 e. The Balaban J connectivity index is 0.00000261. The topological polar surface area (TPSA) is 36.4 Å². The Bertz CT molecular complexity index is 945. The maximum atomic E-state index is 14.0. The summed E-state index contributed by atoms with van der Waals surface area (Å²) in [5.74, 6) is -0.682. The van der Waals surface area contributed by atoms with E-state index in [4.69, 9.17) is 23.2 Å². The second kappa shape index (κ2) is 9.49. The Hall–Kier alpha value is -0.960. The fourth-order valence-electron chi connectivity index (χ4n) is 2.48. The normalized spacial score (nSPS) is 11.0. The SMILES string of the molecule is CN(C)CCCN(C(=O)c1cc(Cl)sc1Cl)c1nc2c(F)cccc2s1.Cl. The molecule has 0 radical (unpaired) electrons. The van der Waals surface area contributed by atoms with Crippen molar-refractivity contribution >= 4 is 79.5 Å². The molecule has 0 N–H and O–H groups in total. The summed E-state index contributed by atoms with van der Waals surface area (Å²) in [7, 11) is 3.93. The van der Waals surface area contributed by atoms with Gasteiger partial charge in [-0.1, -0.05) is 40.6 Å². The summed E-state index contributed by atoms with van der Waals surface area (Å²) >= 11 is 14.6. The lowest BCUT2D eigenvalue weighted by Gasteiger charge is -2.20. The van der Waals surface area contributed by atoms with Crippen molar-refractivity contribution in [1.29, 1.82) is 0 Å². The van der Waals surface area contributed by atoms with Crippen LogP contribution in [-0.2, 0) is 0 Å². The first-order chi connectivity index (χ1) is 12.4. The lowest BCUT2D eigenvalue weighted by atomic mass is 10.3. The molecule has 0 aliphatic rings. The molecule has 4 nitrogen and oxygen atoms in total. The van der Waals surface area contributed by atoms with Crippen molar-refractivity contribution < 1.29 is 9.18 Å². The van der Waals surface area contributed by atoms with Crippen LogP contribution in [0.15, 0.2) is 24.3 Å². The van der Waals surface area contributed by atoms with Crippen molar-refractivity contribution in [2.24, 2.45) is 0 Å². The van der Waals surface area contributed by atoms with E-state index in [0.717, 1.165) is 24.3 Å². The number of carbonyl (C=O) groups excluding carboxylic acids is 1. The van der Waals surface area contributed by atoms with Gasteiger partial charge < -0.3 is 4.90 Å². The summed E-state index contributed by atoms with van der Waals surface area (Å²) in [5, 5.41) is 0.451. The molecule has 0 saturated carbocycles. The molecule has 27 heavy (non-hydrogen) atoms. The standard InChI is InChI=1S/C17H16Cl2FN3OS2.ClH/c1-22(2)7-4-8-23(16(24)10-9-13(18)26-15(10)19)17-21-14-11(20)5-3-6-12(14)25-17;/h3,5-6,9H,4,7-8H2,1-2H3;1H. The molecule has 0 spiro atoms. The summed E-state index contributed by atoms with van der Waals surface area (Å²) in [6.45, 7) is 1.25. The van der Waals surface area contributed by atoms with Gasteiger partial charge in [-0.2, -0.15) is 0 Å². The van der Waals surface area contributed by atoms with E-state index in [1.165, 1.54) is 17.4 Å². The van der Waals surface area contributed by atoms with Crippen LogP contribution in [0.4, 0.5) is 9.52 Å². The van der Waals surface area contributed by atoms with E-state index in [1.54, 1.807) is 23.1 Å². The second-order valence-electron chi connectivity index (χ2n) is 5.93.